The van der Waals surface area contributed by atoms with Crippen molar-refractivity contribution in [3.63, 3.8) is 0 Å². The lowest BCUT2D eigenvalue weighted by Crippen LogP contribution is -2.14. The molecule has 3 atom stereocenters. The van der Waals surface area contributed by atoms with Crippen molar-refractivity contribution in [1.29, 1.82) is 0 Å². The van der Waals surface area contributed by atoms with Gasteiger partial charge >= 0.3 is 12.1 Å². The van der Waals surface area contributed by atoms with Gasteiger partial charge in [-0.15, -0.1) is 0 Å². The van der Waals surface area contributed by atoms with Gasteiger partial charge in [-0.05, 0) is 94.5 Å². The third-order valence-electron chi connectivity index (χ3n) is 8.32. The van der Waals surface area contributed by atoms with Crippen molar-refractivity contribution in [3.05, 3.63) is 113 Å². The number of alkyl halides is 3. The highest BCUT2D eigenvalue weighted by Crippen LogP contribution is 2.48. The molecule has 0 heterocycles. The van der Waals surface area contributed by atoms with Crippen molar-refractivity contribution in [1.82, 2.24) is 0 Å². The Morgan fingerprint density at radius 3 is 2.16 bits per heavy atom. The number of hydrogen-bond acceptors (Lipinski definition) is 4. The SMILES string of the molecule is C=C1CC=C(C2CC2C(=O)O)C(CC)=CC1OCc1cc(-c2ccc(-c3ccc(S(C)(=O)=O)cc3)cc2)c(C(F)(F)F)cc1F. The summed E-state index contributed by atoms with van der Waals surface area (Å²) in [6, 6.07) is 14.1. The first-order valence-electron chi connectivity index (χ1n) is 14.4. The van der Waals surface area contributed by atoms with Crippen LogP contribution in [0.5, 0.6) is 0 Å². The number of carboxylic acid groups (broad SMARTS) is 1. The highest BCUT2D eigenvalue weighted by molar-refractivity contribution is 7.90. The van der Waals surface area contributed by atoms with Crippen molar-refractivity contribution in [2.75, 3.05) is 6.26 Å². The minimum Gasteiger partial charge on any atom is -0.481 e. The summed E-state index contributed by atoms with van der Waals surface area (Å²) in [4.78, 5) is 11.6. The number of sulfone groups is 1. The van der Waals surface area contributed by atoms with Crippen LogP contribution < -0.4 is 0 Å². The number of halogens is 4. The van der Waals surface area contributed by atoms with Crippen LogP contribution in [0.2, 0.25) is 0 Å². The third-order valence-corrected chi connectivity index (χ3v) is 9.45. The number of hydrogen-bond donors (Lipinski definition) is 1. The second kappa shape index (κ2) is 12.4. The number of allylic oxidation sites excluding steroid dienone is 3. The van der Waals surface area contributed by atoms with Crippen LogP contribution in [0.15, 0.2) is 101 Å². The first-order chi connectivity index (χ1) is 21.2. The molecule has 0 aromatic heterocycles. The standard InChI is InChI=1S/C35H32F4O5S/c1-4-21-16-33(20(2)5-14-27(21)29-17-30(29)34(40)41)44-19-25-15-28(31(18-32(25)36)35(37,38)39)24-8-6-22(7-9-24)23-10-12-26(13-11-23)45(3,42)43/h6-16,18,29-30,33H,2,4-5,17,19H2,1,3H3,(H,40,41). The Morgan fingerprint density at radius 1 is 1.02 bits per heavy atom. The number of aliphatic carboxylic acids is 1. The number of rotatable bonds is 9. The monoisotopic (exact) mass is 640 g/mol. The van der Waals surface area contributed by atoms with E-state index in [2.05, 4.69) is 6.58 Å². The molecule has 2 aliphatic rings. The van der Waals surface area contributed by atoms with Crippen LogP contribution in [0.3, 0.4) is 0 Å². The van der Waals surface area contributed by atoms with Gasteiger partial charge in [0.05, 0.1) is 29.1 Å². The Labute approximate surface area is 259 Å². The Kier molecular flexibility index (Phi) is 8.92. The second-order valence-electron chi connectivity index (χ2n) is 11.4. The zero-order valence-electron chi connectivity index (χ0n) is 24.7. The lowest BCUT2D eigenvalue weighted by Gasteiger charge is -2.19. The van der Waals surface area contributed by atoms with E-state index >= 15 is 4.39 Å². The van der Waals surface area contributed by atoms with Gasteiger partial charge in [0.2, 0.25) is 0 Å². The molecule has 1 saturated carbocycles. The molecule has 3 aromatic rings. The fraction of sp³-hybridized carbons (Fsp3) is 0.286. The summed E-state index contributed by atoms with van der Waals surface area (Å²) >= 11 is 0. The normalized spacial score (nSPS) is 20.3. The molecule has 3 unspecified atom stereocenters. The molecular weight excluding hydrogens is 608 g/mol. The minimum absolute atomic E-state index is 0.0525. The Balaban J connectivity index is 1.40. The summed E-state index contributed by atoms with van der Waals surface area (Å²) in [5.74, 6) is -2.38. The number of carbonyl (C=O) groups is 1. The largest absolute Gasteiger partial charge is 0.481 e. The zero-order chi connectivity index (χ0) is 32.7. The fourth-order valence-electron chi connectivity index (χ4n) is 5.69. The molecule has 45 heavy (non-hydrogen) atoms. The predicted molar refractivity (Wildman–Crippen MR) is 163 cm³/mol. The molecule has 5 rings (SSSR count). The van der Waals surface area contributed by atoms with E-state index < -0.39 is 45.4 Å². The van der Waals surface area contributed by atoms with Gasteiger partial charge in [-0.1, -0.05) is 56.0 Å². The van der Waals surface area contributed by atoms with Crippen LogP contribution in [0.4, 0.5) is 17.6 Å². The molecule has 0 amide bonds. The molecular formula is C35H32F4O5S. The van der Waals surface area contributed by atoms with Crippen LogP contribution in [0.1, 0.15) is 37.3 Å². The number of ether oxygens (including phenoxy) is 1. The molecule has 0 aliphatic heterocycles. The van der Waals surface area contributed by atoms with Crippen LogP contribution in [0.25, 0.3) is 22.3 Å². The summed E-state index contributed by atoms with van der Waals surface area (Å²) in [5, 5.41) is 9.38. The van der Waals surface area contributed by atoms with E-state index in [0.717, 1.165) is 23.5 Å². The smallest absolute Gasteiger partial charge is 0.417 e. The molecule has 0 bridgehead atoms. The van der Waals surface area contributed by atoms with E-state index in [1.807, 2.05) is 19.1 Å². The van der Waals surface area contributed by atoms with Crippen molar-refractivity contribution < 1.29 is 40.6 Å². The maximum absolute atomic E-state index is 15.1. The lowest BCUT2D eigenvalue weighted by molar-refractivity contribution is -0.139. The van der Waals surface area contributed by atoms with E-state index in [1.54, 1.807) is 24.3 Å². The van der Waals surface area contributed by atoms with Crippen LogP contribution in [-0.4, -0.2) is 31.9 Å². The Bertz CT molecular complexity index is 1800. The predicted octanol–water partition coefficient (Wildman–Crippen LogP) is 8.41. The van der Waals surface area contributed by atoms with E-state index in [0.29, 0.717) is 42.0 Å². The molecule has 1 fully saturated rings. The fourth-order valence-corrected chi connectivity index (χ4v) is 6.32. The molecule has 0 radical (unpaired) electrons. The molecule has 3 aromatic carbocycles. The summed E-state index contributed by atoms with van der Waals surface area (Å²) in [7, 11) is -3.38. The lowest BCUT2D eigenvalue weighted by atomic mass is 9.94. The summed E-state index contributed by atoms with van der Waals surface area (Å²) < 4.78 is 86.8. The maximum atomic E-state index is 15.1. The van der Waals surface area contributed by atoms with Crippen molar-refractivity contribution in [2.24, 2.45) is 11.8 Å². The topological polar surface area (TPSA) is 80.7 Å². The van der Waals surface area contributed by atoms with Crippen molar-refractivity contribution in [2.45, 2.75) is 50.0 Å². The van der Waals surface area contributed by atoms with Gasteiger partial charge in [0.1, 0.15) is 5.82 Å². The van der Waals surface area contributed by atoms with Gasteiger partial charge in [0, 0.05) is 11.8 Å². The molecule has 5 nitrogen and oxygen atoms in total. The van der Waals surface area contributed by atoms with E-state index in [1.165, 1.54) is 24.3 Å². The van der Waals surface area contributed by atoms with E-state index in [9.17, 15) is 31.5 Å². The number of benzene rings is 3. The highest BCUT2D eigenvalue weighted by Gasteiger charge is 2.46. The highest BCUT2D eigenvalue weighted by atomic mass is 32.2. The quantitative estimate of drug-likeness (QED) is 0.188. The zero-order valence-corrected chi connectivity index (χ0v) is 25.5. The van der Waals surface area contributed by atoms with E-state index in [-0.39, 0.29) is 34.1 Å². The van der Waals surface area contributed by atoms with Gasteiger partial charge in [0.25, 0.3) is 0 Å². The molecule has 10 heteroatoms. The first-order valence-corrected chi connectivity index (χ1v) is 16.3. The molecule has 1 N–H and O–H groups in total. The first kappa shape index (κ1) is 32.4. The third kappa shape index (κ3) is 7.12. The maximum Gasteiger partial charge on any atom is 0.417 e. The summed E-state index contributed by atoms with van der Waals surface area (Å²) in [5.41, 5.74) is 2.74. The summed E-state index contributed by atoms with van der Waals surface area (Å²) in [6.07, 6.45) is 1.09. The van der Waals surface area contributed by atoms with Crippen molar-refractivity contribution >= 4 is 15.8 Å². The van der Waals surface area contributed by atoms with Gasteiger partial charge in [-0.25, -0.2) is 12.8 Å². The Hall–Kier alpha value is -4.02. The van der Waals surface area contributed by atoms with Gasteiger partial charge in [-0.3, -0.25) is 4.79 Å². The molecule has 0 spiro atoms. The van der Waals surface area contributed by atoms with Gasteiger partial charge < -0.3 is 9.84 Å². The minimum atomic E-state index is -4.82. The summed E-state index contributed by atoms with van der Waals surface area (Å²) in [6.45, 7) is 5.72. The van der Waals surface area contributed by atoms with Crippen LogP contribution >= 0.6 is 0 Å². The van der Waals surface area contributed by atoms with E-state index in [4.69, 9.17) is 4.74 Å². The molecule has 2 aliphatic carbocycles. The van der Waals surface area contributed by atoms with Crippen LogP contribution in [0, 0.1) is 17.7 Å². The Morgan fingerprint density at radius 2 is 1.62 bits per heavy atom. The van der Waals surface area contributed by atoms with Gasteiger partial charge in [0.15, 0.2) is 9.84 Å². The molecule has 236 valence electrons. The average molecular weight is 641 g/mol. The molecule has 0 saturated heterocycles. The average Bonchev–Trinajstić information content (AvgIpc) is 3.80. The van der Waals surface area contributed by atoms with Crippen LogP contribution in [-0.2, 0) is 32.2 Å². The second-order valence-corrected chi connectivity index (χ2v) is 13.5. The van der Waals surface area contributed by atoms with Gasteiger partial charge in [-0.2, -0.15) is 13.2 Å². The number of carboxylic acids is 1. The van der Waals surface area contributed by atoms with Crippen molar-refractivity contribution in [3.8, 4) is 22.3 Å².